The molecule has 0 N–H and O–H groups in total. The van der Waals surface area contributed by atoms with Gasteiger partial charge < -0.3 is 0 Å². The summed E-state index contributed by atoms with van der Waals surface area (Å²) in [5.41, 5.74) is 6.08. The third kappa shape index (κ3) is 4.53. The van der Waals surface area contributed by atoms with Crippen molar-refractivity contribution in [1.82, 2.24) is 0 Å². The number of hydrogen-bond donors (Lipinski definition) is 0. The van der Waals surface area contributed by atoms with Gasteiger partial charge in [-0.3, -0.25) is 0 Å². The maximum atomic E-state index is 4.02. The van der Waals surface area contributed by atoms with Gasteiger partial charge in [0.2, 0.25) is 0 Å². The van der Waals surface area contributed by atoms with Crippen LogP contribution in [0.4, 0.5) is 0 Å². The van der Waals surface area contributed by atoms with Crippen LogP contribution >= 0.6 is 17.2 Å². The molecule has 0 radical (unpaired) electrons. The second-order valence-corrected chi connectivity index (χ2v) is 10.9. The van der Waals surface area contributed by atoms with Gasteiger partial charge in [0, 0.05) is 0 Å². The van der Waals surface area contributed by atoms with Gasteiger partial charge >= 0.3 is 0 Å². The van der Waals surface area contributed by atoms with E-state index in [0.29, 0.717) is 0 Å². The summed E-state index contributed by atoms with van der Waals surface area (Å²) in [6, 6.07) is 45.9. The Bertz CT molecular complexity index is 1380. The maximum Gasteiger partial charge on any atom is -0.00724 e. The Hall–Kier alpha value is -3.30. The minimum atomic E-state index is -0.701. The van der Waals surface area contributed by atoms with E-state index in [1.165, 1.54) is 43.5 Å². The lowest BCUT2D eigenvalue weighted by Gasteiger charge is -2.23. The smallest absolute Gasteiger partial charge is 0.00724 e. The second-order valence-electron chi connectivity index (χ2n) is 8.12. The summed E-state index contributed by atoms with van der Waals surface area (Å²) < 4.78 is 0. The predicted molar refractivity (Wildman–Crippen MR) is 155 cm³/mol. The molecule has 2 heteroatoms. The molecule has 0 aliphatic carbocycles. The van der Waals surface area contributed by atoms with E-state index in [-0.39, 0.29) is 0 Å². The molecule has 0 saturated heterocycles. The standard InChI is InChI=1S/C32H26P2/c1-2-24-13-9-10-18-28(24)25-21-22-31(33)30(23-25)29-19-11-12-20-32(29)34(26-14-5-3-6-15-26)27-16-7-4-8-17-27/h2-23H,1,33H2. The summed E-state index contributed by atoms with van der Waals surface area (Å²) in [5, 5.41) is 5.28. The van der Waals surface area contributed by atoms with E-state index in [0.717, 1.165) is 5.56 Å². The van der Waals surface area contributed by atoms with Gasteiger partial charge in [0.05, 0.1) is 0 Å². The fourth-order valence-electron chi connectivity index (χ4n) is 4.37. The van der Waals surface area contributed by atoms with E-state index in [9.17, 15) is 0 Å². The summed E-state index contributed by atoms with van der Waals surface area (Å²) in [4.78, 5) is 0. The molecule has 0 fully saturated rings. The van der Waals surface area contributed by atoms with Gasteiger partial charge in [0.15, 0.2) is 0 Å². The number of rotatable bonds is 6. The zero-order valence-electron chi connectivity index (χ0n) is 18.9. The summed E-state index contributed by atoms with van der Waals surface area (Å²) >= 11 is 0. The van der Waals surface area contributed by atoms with Crippen molar-refractivity contribution in [3.63, 3.8) is 0 Å². The average molecular weight is 473 g/mol. The molecule has 0 nitrogen and oxygen atoms in total. The molecule has 5 aromatic carbocycles. The number of hydrogen-bond acceptors (Lipinski definition) is 0. The Morgan fingerprint density at radius 2 is 1.12 bits per heavy atom. The van der Waals surface area contributed by atoms with Crippen molar-refractivity contribution in [1.29, 1.82) is 0 Å². The van der Waals surface area contributed by atoms with Crippen LogP contribution in [0.25, 0.3) is 28.3 Å². The second kappa shape index (κ2) is 10.3. The van der Waals surface area contributed by atoms with Crippen LogP contribution in [0.5, 0.6) is 0 Å². The average Bonchev–Trinajstić information content (AvgIpc) is 2.91. The molecule has 1 atom stereocenters. The topological polar surface area (TPSA) is 0 Å². The Labute approximate surface area is 206 Å². The van der Waals surface area contributed by atoms with Crippen LogP contribution in [0.1, 0.15) is 5.56 Å². The first-order valence-electron chi connectivity index (χ1n) is 11.4. The molecule has 5 rings (SSSR count). The molecule has 34 heavy (non-hydrogen) atoms. The summed E-state index contributed by atoms with van der Waals surface area (Å²) in [7, 11) is 2.24. The van der Waals surface area contributed by atoms with Gasteiger partial charge in [-0.05, 0) is 63.0 Å². The highest BCUT2D eigenvalue weighted by molar-refractivity contribution is 7.80. The van der Waals surface area contributed by atoms with Gasteiger partial charge in [0.1, 0.15) is 0 Å². The van der Waals surface area contributed by atoms with E-state index < -0.39 is 7.92 Å². The van der Waals surface area contributed by atoms with Crippen LogP contribution in [0.15, 0.2) is 134 Å². The fraction of sp³-hybridized carbons (Fsp3) is 0. The molecule has 0 aliphatic heterocycles. The van der Waals surface area contributed by atoms with Crippen molar-refractivity contribution < 1.29 is 0 Å². The lowest BCUT2D eigenvalue weighted by atomic mass is 9.96. The summed E-state index contributed by atoms with van der Waals surface area (Å²) in [6.45, 7) is 4.02. The Morgan fingerprint density at radius 1 is 0.559 bits per heavy atom. The van der Waals surface area contributed by atoms with Crippen LogP contribution in [0.2, 0.25) is 0 Å². The highest BCUT2D eigenvalue weighted by Gasteiger charge is 2.21. The van der Waals surface area contributed by atoms with Gasteiger partial charge in [-0.2, -0.15) is 0 Å². The van der Waals surface area contributed by atoms with Crippen molar-refractivity contribution in [2.45, 2.75) is 0 Å². The van der Waals surface area contributed by atoms with Crippen molar-refractivity contribution in [3.05, 3.63) is 140 Å². The Balaban J connectivity index is 1.71. The van der Waals surface area contributed by atoms with Crippen LogP contribution in [-0.2, 0) is 0 Å². The quantitative estimate of drug-likeness (QED) is 0.235. The van der Waals surface area contributed by atoms with E-state index >= 15 is 0 Å². The lowest BCUT2D eigenvalue weighted by Crippen LogP contribution is -2.22. The van der Waals surface area contributed by atoms with E-state index in [1.54, 1.807) is 0 Å². The van der Waals surface area contributed by atoms with Crippen molar-refractivity contribution in [2.24, 2.45) is 0 Å². The normalized spacial score (nSPS) is 10.9. The molecule has 0 aliphatic rings. The molecule has 0 heterocycles. The highest BCUT2D eigenvalue weighted by Crippen LogP contribution is 2.38. The summed E-state index contributed by atoms with van der Waals surface area (Å²) in [5.74, 6) is 0. The lowest BCUT2D eigenvalue weighted by molar-refractivity contribution is 1.60. The third-order valence-electron chi connectivity index (χ3n) is 6.01. The largest absolute Gasteiger partial charge is 0.105 e. The van der Waals surface area contributed by atoms with Crippen LogP contribution in [0.3, 0.4) is 0 Å². The van der Waals surface area contributed by atoms with Gasteiger partial charge in [-0.1, -0.05) is 134 Å². The molecule has 0 amide bonds. The Kier molecular flexibility index (Phi) is 6.82. The van der Waals surface area contributed by atoms with Crippen LogP contribution in [-0.4, -0.2) is 0 Å². The zero-order valence-corrected chi connectivity index (χ0v) is 21.0. The van der Waals surface area contributed by atoms with Crippen LogP contribution < -0.4 is 21.2 Å². The first-order chi connectivity index (χ1) is 16.8. The minimum Gasteiger partial charge on any atom is -0.105 e. The maximum absolute atomic E-state index is 4.02. The summed E-state index contributed by atoms with van der Waals surface area (Å²) in [6.07, 6.45) is 1.93. The van der Waals surface area contributed by atoms with Gasteiger partial charge in [-0.25, -0.2) is 0 Å². The van der Waals surface area contributed by atoms with Crippen molar-refractivity contribution in [2.75, 3.05) is 0 Å². The van der Waals surface area contributed by atoms with Gasteiger partial charge in [-0.15, -0.1) is 9.24 Å². The van der Waals surface area contributed by atoms with E-state index in [1.807, 2.05) is 6.08 Å². The minimum absolute atomic E-state index is 0.701. The van der Waals surface area contributed by atoms with Crippen LogP contribution in [0, 0.1) is 0 Å². The molecular weight excluding hydrogens is 446 g/mol. The first kappa shape index (κ1) is 22.5. The molecule has 164 valence electrons. The predicted octanol–water partition coefficient (Wildman–Crippen LogP) is 6.92. The third-order valence-corrected chi connectivity index (χ3v) is 9.01. The molecule has 0 spiro atoms. The molecule has 1 unspecified atom stereocenters. The molecule has 0 aromatic heterocycles. The molecule has 0 saturated carbocycles. The SMILES string of the molecule is C=Cc1ccccc1-c1ccc(P)c(-c2ccccc2P(c2ccccc2)c2ccccc2)c1. The zero-order chi connectivity index (χ0) is 23.3. The fourth-order valence-corrected chi connectivity index (χ4v) is 7.17. The van der Waals surface area contributed by atoms with Crippen molar-refractivity contribution >= 4 is 44.5 Å². The first-order valence-corrected chi connectivity index (χ1v) is 13.3. The molecule has 0 bridgehead atoms. The Morgan fingerprint density at radius 3 is 1.76 bits per heavy atom. The van der Waals surface area contributed by atoms with E-state index in [2.05, 4.69) is 143 Å². The van der Waals surface area contributed by atoms with Crippen molar-refractivity contribution in [3.8, 4) is 22.3 Å². The number of benzene rings is 5. The molecular formula is C32H26P2. The van der Waals surface area contributed by atoms with Gasteiger partial charge in [0.25, 0.3) is 0 Å². The highest BCUT2D eigenvalue weighted by atomic mass is 31.1. The monoisotopic (exact) mass is 472 g/mol. The molecule has 5 aromatic rings. The van der Waals surface area contributed by atoms with E-state index in [4.69, 9.17) is 0 Å².